The van der Waals surface area contributed by atoms with Gasteiger partial charge in [-0.25, -0.2) is 13.8 Å². The first-order chi connectivity index (χ1) is 17.2. The van der Waals surface area contributed by atoms with Gasteiger partial charge < -0.3 is 9.47 Å². The summed E-state index contributed by atoms with van der Waals surface area (Å²) in [5.74, 6) is 0.611. The number of carbonyl (C=O) groups is 1. The van der Waals surface area contributed by atoms with E-state index in [2.05, 4.69) is 10.5 Å². The molecule has 0 bridgehead atoms. The minimum atomic E-state index is -3.99. The lowest BCUT2D eigenvalue weighted by atomic mass is 10.2. The number of anilines is 1. The molecule has 1 amide bonds. The number of nitrogens with one attached hydrogen (secondary N) is 1. The normalized spacial score (nSPS) is 11.3. The molecule has 0 heterocycles. The summed E-state index contributed by atoms with van der Waals surface area (Å²) in [5.41, 5.74) is 5.30. The van der Waals surface area contributed by atoms with Gasteiger partial charge in [0, 0.05) is 0 Å². The Hall–Kier alpha value is -3.85. The van der Waals surface area contributed by atoms with Crippen molar-refractivity contribution in [3.63, 3.8) is 0 Å². The van der Waals surface area contributed by atoms with Crippen LogP contribution in [0, 0.1) is 13.8 Å². The zero-order valence-electron chi connectivity index (χ0n) is 20.9. The van der Waals surface area contributed by atoms with Crippen LogP contribution in [-0.2, 0) is 14.8 Å². The lowest BCUT2D eigenvalue weighted by Crippen LogP contribution is -2.39. The van der Waals surface area contributed by atoms with Gasteiger partial charge in [-0.2, -0.15) is 5.10 Å². The Kier molecular flexibility index (Phi) is 9.08. The van der Waals surface area contributed by atoms with E-state index in [1.165, 1.54) is 18.3 Å². The average molecular weight is 510 g/mol. The van der Waals surface area contributed by atoms with Gasteiger partial charge in [0.2, 0.25) is 0 Å². The van der Waals surface area contributed by atoms with E-state index in [1.54, 1.807) is 48.5 Å². The Balaban J connectivity index is 1.80. The van der Waals surface area contributed by atoms with E-state index in [0.29, 0.717) is 36.0 Å². The molecule has 0 fully saturated rings. The second-order valence-corrected chi connectivity index (χ2v) is 9.89. The number of hydrogen-bond acceptors (Lipinski definition) is 6. The van der Waals surface area contributed by atoms with Crippen LogP contribution in [0.3, 0.4) is 0 Å². The fourth-order valence-electron chi connectivity index (χ4n) is 3.43. The van der Waals surface area contributed by atoms with E-state index >= 15 is 0 Å². The summed E-state index contributed by atoms with van der Waals surface area (Å²) < 4.78 is 39.2. The first-order valence-corrected chi connectivity index (χ1v) is 13.1. The van der Waals surface area contributed by atoms with Crippen molar-refractivity contribution >= 4 is 27.8 Å². The summed E-state index contributed by atoms with van der Waals surface area (Å²) in [4.78, 5) is 12.9. The molecule has 0 aromatic heterocycles. The van der Waals surface area contributed by atoms with E-state index in [1.807, 2.05) is 33.8 Å². The number of hydrogen-bond donors (Lipinski definition) is 1. The van der Waals surface area contributed by atoms with Gasteiger partial charge in [0.1, 0.15) is 6.54 Å². The van der Waals surface area contributed by atoms with Crippen LogP contribution in [0.1, 0.15) is 30.5 Å². The van der Waals surface area contributed by atoms with Crippen molar-refractivity contribution in [2.75, 3.05) is 24.1 Å². The smallest absolute Gasteiger partial charge is 0.264 e. The van der Waals surface area contributed by atoms with Crippen molar-refractivity contribution in [1.29, 1.82) is 0 Å². The van der Waals surface area contributed by atoms with Crippen molar-refractivity contribution in [3.05, 3.63) is 83.4 Å². The third kappa shape index (κ3) is 6.85. The van der Waals surface area contributed by atoms with Crippen LogP contribution < -0.4 is 19.2 Å². The first kappa shape index (κ1) is 26.7. The third-order valence-electron chi connectivity index (χ3n) is 5.16. The molecule has 3 aromatic rings. The molecule has 0 saturated carbocycles. The number of nitrogens with zero attached hydrogens (tertiary/aromatic N) is 2. The van der Waals surface area contributed by atoms with Crippen LogP contribution in [0.15, 0.2) is 76.7 Å². The van der Waals surface area contributed by atoms with Gasteiger partial charge in [-0.05, 0) is 81.3 Å². The molecule has 0 atom stereocenters. The maximum Gasteiger partial charge on any atom is 0.264 e. The van der Waals surface area contributed by atoms with Crippen LogP contribution >= 0.6 is 0 Å². The first-order valence-electron chi connectivity index (χ1n) is 11.6. The standard InChI is InChI=1S/C27H31N3O5S/c1-5-34-25-15-12-22(17-26(25)35-6-2)18-28-29-27(31)19-30(23-9-7-8-21(4)16-23)36(32,33)24-13-10-20(3)11-14-24/h7-18H,5-6,19H2,1-4H3,(H,29,31)/b28-18-. The zero-order valence-corrected chi connectivity index (χ0v) is 21.7. The Morgan fingerprint density at radius 1 is 0.917 bits per heavy atom. The highest BCUT2D eigenvalue weighted by Gasteiger charge is 2.27. The van der Waals surface area contributed by atoms with Crippen molar-refractivity contribution in [1.82, 2.24) is 5.43 Å². The van der Waals surface area contributed by atoms with Gasteiger partial charge >= 0.3 is 0 Å². The van der Waals surface area contributed by atoms with Crippen molar-refractivity contribution in [3.8, 4) is 11.5 Å². The van der Waals surface area contributed by atoms with Gasteiger partial charge in [0.25, 0.3) is 15.9 Å². The Labute approximate surface area is 212 Å². The predicted molar refractivity (Wildman–Crippen MR) is 141 cm³/mol. The lowest BCUT2D eigenvalue weighted by Gasteiger charge is -2.24. The largest absolute Gasteiger partial charge is 0.490 e. The van der Waals surface area contributed by atoms with Gasteiger partial charge in [0.15, 0.2) is 11.5 Å². The maximum absolute atomic E-state index is 13.5. The fraction of sp³-hybridized carbons (Fsp3) is 0.259. The average Bonchev–Trinajstić information content (AvgIpc) is 2.84. The summed E-state index contributed by atoms with van der Waals surface area (Å²) in [6.07, 6.45) is 1.46. The summed E-state index contributed by atoms with van der Waals surface area (Å²) in [7, 11) is -3.99. The maximum atomic E-state index is 13.5. The van der Waals surface area contributed by atoms with E-state index in [0.717, 1.165) is 15.4 Å². The number of aryl methyl sites for hydroxylation is 2. The molecule has 0 aliphatic rings. The fourth-order valence-corrected chi connectivity index (χ4v) is 4.84. The summed E-state index contributed by atoms with van der Waals surface area (Å²) >= 11 is 0. The number of sulfonamides is 1. The molecular formula is C27H31N3O5S. The van der Waals surface area contributed by atoms with Crippen molar-refractivity contribution < 1.29 is 22.7 Å². The molecule has 0 radical (unpaired) electrons. The van der Waals surface area contributed by atoms with E-state index in [-0.39, 0.29) is 4.90 Å². The molecule has 8 nitrogen and oxygen atoms in total. The number of carbonyl (C=O) groups excluding carboxylic acids is 1. The Morgan fingerprint density at radius 3 is 2.28 bits per heavy atom. The molecule has 0 unspecified atom stereocenters. The second-order valence-electron chi connectivity index (χ2n) is 8.03. The topological polar surface area (TPSA) is 97.3 Å². The molecule has 0 aliphatic carbocycles. The van der Waals surface area contributed by atoms with Gasteiger partial charge in [-0.1, -0.05) is 29.8 Å². The summed E-state index contributed by atoms with van der Waals surface area (Å²) in [6.45, 7) is 8.04. The summed E-state index contributed by atoms with van der Waals surface area (Å²) in [5, 5.41) is 4.01. The highest BCUT2D eigenvalue weighted by molar-refractivity contribution is 7.92. The van der Waals surface area contributed by atoms with Crippen LogP contribution in [0.2, 0.25) is 0 Å². The minimum Gasteiger partial charge on any atom is -0.490 e. The number of benzene rings is 3. The molecule has 36 heavy (non-hydrogen) atoms. The second kappa shape index (κ2) is 12.2. The lowest BCUT2D eigenvalue weighted by molar-refractivity contribution is -0.119. The number of ether oxygens (including phenoxy) is 2. The van der Waals surface area contributed by atoms with Crippen LogP contribution in [0.5, 0.6) is 11.5 Å². The number of hydrazone groups is 1. The predicted octanol–water partition coefficient (Wildman–Crippen LogP) is 4.45. The number of amides is 1. The monoisotopic (exact) mass is 509 g/mol. The van der Waals surface area contributed by atoms with Gasteiger partial charge in [-0.15, -0.1) is 0 Å². The molecular weight excluding hydrogens is 478 g/mol. The van der Waals surface area contributed by atoms with Crippen LogP contribution in [-0.4, -0.2) is 40.3 Å². The van der Waals surface area contributed by atoms with E-state index < -0.39 is 22.5 Å². The highest BCUT2D eigenvalue weighted by atomic mass is 32.2. The molecule has 0 aliphatic heterocycles. The van der Waals surface area contributed by atoms with Gasteiger partial charge in [-0.3, -0.25) is 9.10 Å². The Morgan fingerprint density at radius 2 is 1.61 bits per heavy atom. The SMILES string of the molecule is CCOc1ccc(/C=N\NC(=O)CN(c2cccc(C)c2)S(=O)(=O)c2ccc(C)cc2)cc1OCC. The molecule has 0 spiro atoms. The minimum absolute atomic E-state index is 0.101. The molecule has 3 aromatic carbocycles. The molecule has 1 N–H and O–H groups in total. The third-order valence-corrected chi connectivity index (χ3v) is 6.94. The van der Waals surface area contributed by atoms with Crippen LogP contribution in [0.4, 0.5) is 5.69 Å². The molecule has 190 valence electrons. The molecule has 3 rings (SSSR count). The van der Waals surface area contributed by atoms with Crippen molar-refractivity contribution in [2.45, 2.75) is 32.6 Å². The van der Waals surface area contributed by atoms with Gasteiger partial charge in [0.05, 0.1) is 30.0 Å². The quantitative estimate of drug-likeness (QED) is 0.304. The Bertz CT molecular complexity index is 1320. The van der Waals surface area contributed by atoms with Crippen LogP contribution in [0.25, 0.3) is 0 Å². The molecule has 9 heteroatoms. The molecule has 0 saturated heterocycles. The highest BCUT2D eigenvalue weighted by Crippen LogP contribution is 2.28. The zero-order chi connectivity index (χ0) is 26.1. The van der Waals surface area contributed by atoms with E-state index in [9.17, 15) is 13.2 Å². The van der Waals surface area contributed by atoms with E-state index in [4.69, 9.17) is 9.47 Å². The number of rotatable bonds is 11. The summed E-state index contributed by atoms with van der Waals surface area (Å²) in [6, 6.07) is 18.8. The van der Waals surface area contributed by atoms with Crippen molar-refractivity contribution in [2.24, 2.45) is 5.10 Å².